The molecule has 2 aromatic rings. The van der Waals surface area contributed by atoms with Gasteiger partial charge in [0, 0.05) is 32.4 Å². The predicted molar refractivity (Wildman–Crippen MR) is 82.7 cm³/mol. The Morgan fingerprint density at radius 2 is 1.78 bits per heavy atom. The van der Waals surface area contributed by atoms with Gasteiger partial charge in [-0.15, -0.1) is 0 Å². The molecule has 0 amide bonds. The number of hydrogen-bond donors (Lipinski definition) is 0. The highest BCUT2D eigenvalue weighted by molar-refractivity contribution is 5.18. The first-order chi connectivity index (χ1) is 11.3. The first kappa shape index (κ1) is 14.8. The molecule has 3 heterocycles. The Labute approximate surface area is 135 Å². The molecule has 122 valence electrons. The van der Waals surface area contributed by atoms with Crippen LogP contribution in [0.2, 0.25) is 0 Å². The number of rotatable bonds is 4. The van der Waals surface area contributed by atoms with Crippen LogP contribution in [-0.2, 0) is 22.4 Å². The van der Waals surface area contributed by atoms with Crippen molar-refractivity contribution in [2.75, 3.05) is 26.3 Å². The maximum Gasteiger partial charge on any atom is 0.240 e. The summed E-state index contributed by atoms with van der Waals surface area (Å²) >= 11 is 0. The monoisotopic (exact) mass is 315 g/mol. The van der Waals surface area contributed by atoms with Crippen LogP contribution in [0, 0.1) is 0 Å². The van der Waals surface area contributed by atoms with E-state index in [-0.39, 0.29) is 5.79 Å². The van der Waals surface area contributed by atoms with Crippen molar-refractivity contribution < 1.29 is 14.0 Å². The Morgan fingerprint density at radius 3 is 2.52 bits per heavy atom. The number of hydrogen-bond acceptors (Lipinski definition) is 6. The standard InChI is InChI=1S/C17H21N3O3/c1-2-4-14(5-3-1)12-15-18-16(23-19-15)13-20-8-6-17(7-9-20)21-10-11-22-17/h1-5H,6-13H2. The number of aromatic nitrogens is 2. The van der Waals surface area contributed by atoms with Crippen molar-refractivity contribution in [3.63, 3.8) is 0 Å². The Morgan fingerprint density at radius 1 is 1.04 bits per heavy atom. The van der Waals surface area contributed by atoms with E-state index in [1.165, 1.54) is 5.56 Å². The summed E-state index contributed by atoms with van der Waals surface area (Å²) in [7, 11) is 0. The summed E-state index contributed by atoms with van der Waals surface area (Å²) in [5.74, 6) is 1.09. The van der Waals surface area contributed by atoms with Crippen molar-refractivity contribution >= 4 is 0 Å². The molecule has 0 saturated carbocycles. The second-order valence-corrected chi connectivity index (χ2v) is 6.15. The molecule has 0 bridgehead atoms. The minimum atomic E-state index is -0.330. The minimum Gasteiger partial charge on any atom is -0.347 e. The number of likely N-dealkylation sites (tertiary alicyclic amines) is 1. The molecular weight excluding hydrogens is 294 g/mol. The van der Waals surface area contributed by atoms with E-state index < -0.39 is 0 Å². The van der Waals surface area contributed by atoms with Gasteiger partial charge in [-0.25, -0.2) is 0 Å². The van der Waals surface area contributed by atoms with E-state index >= 15 is 0 Å². The van der Waals surface area contributed by atoms with Crippen molar-refractivity contribution in [3.8, 4) is 0 Å². The first-order valence-corrected chi connectivity index (χ1v) is 8.17. The summed E-state index contributed by atoms with van der Waals surface area (Å²) in [4.78, 5) is 6.82. The lowest BCUT2D eigenvalue weighted by atomic mass is 10.0. The van der Waals surface area contributed by atoms with Crippen molar-refractivity contribution in [1.82, 2.24) is 15.0 Å². The summed E-state index contributed by atoms with van der Waals surface area (Å²) in [6, 6.07) is 10.2. The molecule has 0 atom stereocenters. The second-order valence-electron chi connectivity index (χ2n) is 6.15. The van der Waals surface area contributed by atoms with Crippen LogP contribution in [0.15, 0.2) is 34.9 Å². The van der Waals surface area contributed by atoms with Gasteiger partial charge in [0.05, 0.1) is 19.8 Å². The fourth-order valence-electron chi connectivity index (χ4n) is 3.23. The molecule has 0 unspecified atom stereocenters. The van der Waals surface area contributed by atoms with E-state index in [1.54, 1.807) is 0 Å². The maximum absolute atomic E-state index is 5.75. The molecule has 0 radical (unpaired) electrons. The normalized spacial score (nSPS) is 21.0. The van der Waals surface area contributed by atoms with E-state index in [0.717, 1.165) is 31.8 Å². The summed E-state index contributed by atoms with van der Waals surface area (Å²) in [6.07, 6.45) is 2.51. The van der Waals surface area contributed by atoms with Gasteiger partial charge in [0.25, 0.3) is 0 Å². The lowest BCUT2D eigenvalue weighted by molar-refractivity contribution is -0.186. The van der Waals surface area contributed by atoms with Gasteiger partial charge in [0.15, 0.2) is 11.6 Å². The van der Waals surface area contributed by atoms with Crippen molar-refractivity contribution in [3.05, 3.63) is 47.6 Å². The topological polar surface area (TPSA) is 60.6 Å². The molecule has 1 aromatic carbocycles. The van der Waals surface area contributed by atoms with Crippen LogP contribution in [0.1, 0.15) is 30.1 Å². The van der Waals surface area contributed by atoms with Crippen LogP contribution >= 0.6 is 0 Å². The Bertz CT molecular complexity index is 628. The molecule has 0 aliphatic carbocycles. The zero-order chi connectivity index (χ0) is 15.5. The highest BCUT2D eigenvalue weighted by Crippen LogP contribution is 2.31. The third-order valence-corrected chi connectivity index (χ3v) is 4.51. The predicted octanol–water partition coefficient (Wildman–Crippen LogP) is 2.00. The van der Waals surface area contributed by atoms with Gasteiger partial charge in [-0.3, -0.25) is 4.90 Å². The van der Waals surface area contributed by atoms with Crippen LogP contribution in [0.4, 0.5) is 0 Å². The van der Waals surface area contributed by atoms with Crippen LogP contribution < -0.4 is 0 Å². The van der Waals surface area contributed by atoms with Gasteiger partial charge >= 0.3 is 0 Å². The second kappa shape index (κ2) is 6.39. The minimum absolute atomic E-state index is 0.330. The van der Waals surface area contributed by atoms with Gasteiger partial charge in [-0.05, 0) is 5.56 Å². The third-order valence-electron chi connectivity index (χ3n) is 4.51. The van der Waals surface area contributed by atoms with E-state index in [1.807, 2.05) is 18.2 Å². The lowest BCUT2D eigenvalue weighted by Gasteiger charge is -2.36. The molecule has 2 aliphatic heterocycles. The van der Waals surface area contributed by atoms with Gasteiger partial charge in [0.2, 0.25) is 5.89 Å². The highest BCUT2D eigenvalue weighted by Gasteiger charge is 2.39. The summed E-state index contributed by atoms with van der Waals surface area (Å²) < 4.78 is 16.9. The number of nitrogens with zero attached hydrogens (tertiary/aromatic N) is 3. The molecule has 2 fully saturated rings. The van der Waals surface area contributed by atoms with E-state index in [4.69, 9.17) is 14.0 Å². The SMILES string of the molecule is c1ccc(Cc2noc(CN3CCC4(CC3)OCCO4)n2)cc1. The average Bonchev–Trinajstić information content (AvgIpc) is 3.21. The molecule has 4 rings (SSSR count). The smallest absolute Gasteiger partial charge is 0.240 e. The van der Waals surface area contributed by atoms with E-state index in [2.05, 4.69) is 27.2 Å². The highest BCUT2D eigenvalue weighted by atomic mass is 16.7. The lowest BCUT2D eigenvalue weighted by Crippen LogP contribution is -2.44. The molecule has 0 N–H and O–H groups in total. The van der Waals surface area contributed by atoms with Crippen molar-refractivity contribution in [2.24, 2.45) is 0 Å². The van der Waals surface area contributed by atoms with Crippen LogP contribution in [-0.4, -0.2) is 47.1 Å². The molecule has 6 nitrogen and oxygen atoms in total. The molecule has 6 heteroatoms. The van der Waals surface area contributed by atoms with E-state index in [9.17, 15) is 0 Å². The molecule has 2 saturated heterocycles. The zero-order valence-corrected chi connectivity index (χ0v) is 13.1. The van der Waals surface area contributed by atoms with Gasteiger partial charge < -0.3 is 14.0 Å². The zero-order valence-electron chi connectivity index (χ0n) is 13.1. The van der Waals surface area contributed by atoms with Crippen molar-refractivity contribution in [2.45, 2.75) is 31.6 Å². The first-order valence-electron chi connectivity index (χ1n) is 8.17. The quantitative estimate of drug-likeness (QED) is 0.860. The molecule has 1 aromatic heterocycles. The van der Waals surface area contributed by atoms with Gasteiger partial charge in [-0.2, -0.15) is 4.98 Å². The Kier molecular flexibility index (Phi) is 4.11. The fraction of sp³-hybridized carbons (Fsp3) is 0.529. The maximum atomic E-state index is 5.75. The largest absolute Gasteiger partial charge is 0.347 e. The van der Waals surface area contributed by atoms with Gasteiger partial charge in [-0.1, -0.05) is 35.5 Å². The Hall–Kier alpha value is -1.76. The van der Waals surface area contributed by atoms with E-state index in [0.29, 0.717) is 32.1 Å². The number of ether oxygens (including phenoxy) is 2. The van der Waals surface area contributed by atoms with Crippen LogP contribution in [0.3, 0.4) is 0 Å². The molecule has 1 spiro atoms. The molecule has 23 heavy (non-hydrogen) atoms. The van der Waals surface area contributed by atoms with Gasteiger partial charge in [0.1, 0.15) is 0 Å². The Balaban J connectivity index is 1.32. The summed E-state index contributed by atoms with van der Waals surface area (Å²) in [5, 5.41) is 4.09. The van der Waals surface area contributed by atoms with Crippen LogP contribution in [0.5, 0.6) is 0 Å². The molecule has 2 aliphatic rings. The summed E-state index contributed by atoms with van der Waals surface area (Å²) in [5.41, 5.74) is 1.19. The van der Waals surface area contributed by atoms with Crippen LogP contribution in [0.25, 0.3) is 0 Å². The fourth-order valence-corrected chi connectivity index (χ4v) is 3.23. The van der Waals surface area contributed by atoms with Crippen molar-refractivity contribution in [1.29, 1.82) is 0 Å². The number of piperidine rings is 1. The number of benzene rings is 1. The third kappa shape index (κ3) is 3.44. The molecular formula is C17H21N3O3. The average molecular weight is 315 g/mol. The summed E-state index contributed by atoms with van der Waals surface area (Å²) in [6.45, 7) is 3.98.